The van der Waals surface area contributed by atoms with E-state index in [1.165, 1.54) is 0 Å². The number of hydrogen-bond acceptors (Lipinski definition) is 2. The van der Waals surface area contributed by atoms with Crippen LogP contribution in [0, 0.1) is 6.92 Å². The normalized spacial score (nSPS) is 14.5. The summed E-state index contributed by atoms with van der Waals surface area (Å²) in [5, 5.41) is 10.1. The van der Waals surface area contributed by atoms with Gasteiger partial charge in [-0.15, -0.1) is 0 Å². The topological polar surface area (TPSA) is 56.3 Å². The van der Waals surface area contributed by atoms with E-state index in [9.17, 15) is 4.79 Å². The van der Waals surface area contributed by atoms with E-state index in [2.05, 4.69) is 17.1 Å². The molecule has 1 amide bonds. The Bertz CT molecular complexity index is 658. The second kappa shape index (κ2) is 6.53. The number of H-pyrrole nitrogens is 1. The minimum Gasteiger partial charge on any atom is -0.396 e. The van der Waals surface area contributed by atoms with E-state index >= 15 is 0 Å². The van der Waals surface area contributed by atoms with Crippen molar-refractivity contribution in [1.29, 1.82) is 0 Å². The van der Waals surface area contributed by atoms with Crippen molar-refractivity contribution in [3.8, 4) is 0 Å². The lowest BCUT2D eigenvalue weighted by molar-refractivity contribution is -0.131. The van der Waals surface area contributed by atoms with E-state index in [-0.39, 0.29) is 12.5 Å². The van der Waals surface area contributed by atoms with Crippen LogP contribution in [0.25, 0.3) is 10.9 Å². The van der Waals surface area contributed by atoms with Crippen LogP contribution in [0.5, 0.6) is 0 Å². The number of benzene rings is 1. The monoisotopic (exact) mass is 300 g/mol. The predicted molar refractivity (Wildman–Crippen MR) is 87.8 cm³/mol. The fourth-order valence-corrected chi connectivity index (χ4v) is 3.11. The number of unbranched alkanes of at least 4 members (excludes halogenated alkanes) is 1. The molecule has 1 fully saturated rings. The van der Waals surface area contributed by atoms with Crippen LogP contribution in [-0.2, 0) is 11.2 Å². The molecule has 1 aromatic carbocycles. The van der Waals surface area contributed by atoms with Gasteiger partial charge in [0.25, 0.3) is 0 Å². The first-order chi connectivity index (χ1) is 10.7. The highest BCUT2D eigenvalue weighted by molar-refractivity contribution is 5.90. The van der Waals surface area contributed by atoms with Gasteiger partial charge in [-0.3, -0.25) is 4.79 Å². The van der Waals surface area contributed by atoms with Crippen molar-refractivity contribution in [3.05, 3.63) is 35.5 Å². The molecule has 0 unspecified atom stereocenters. The van der Waals surface area contributed by atoms with E-state index in [4.69, 9.17) is 5.11 Å². The highest BCUT2D eigenvalue weighted by Gasteiger charge is 2.32. The summed E-state index contributed by atoms with van der Waals surface area (Å²) in [6, 6.07) is 8.58. The minimum absolute atomic E-state index is 0.203. The van der Waals surface area contributed by atoms with Gasteiger partial charge in [-0.05, 0) is 44.2 Å². The number of carbonyl (C=O) groups is 1. The van der Waals surface area contributed by atoms with Gasteiger partial charge in [0.05, 0.1) is 6.42 Å². The van der Waals surface area contributed by atoms with Crippen LogP contribution in [-0.4, -0.2) is 40.1 Å². The first-order valence-corrected chi connectivity index (χ1v) is 8.17. The molecule has 1 aromatic heterocycles. The maximum absolute atomic E-state index is 12.7. The molecule has 0 radical (unpaired) electrons. The molecule has 22 heavy (non-hydrogen) atoms. The summed E-state index contributed by atoms with van der Waals surface area (Å²) in [6.07, 6.45) is 4.36. The zero-order valence-corrected chi connectivity index (χ0v) is 13.1. The Morgan fingerprint density at radius 1 is 1.32 bits per heavy atom. The minimum atomic E-state index is 0.203. The number of fused-ring (bicyclic) bond motifs is 1. The van der Waals surface area contributed by atoms with Crippen LogP contribution in [0.3, 0.4) is 0 Å². The molecule has 1 saturated carbocycles. The predicted octanol–water partition coefficient (Wildman–Crippen LogP) is 2.78. The molecule has 4 nitrogen and oxygen atoms in total. The highest BCUT2D eigenvalue weighted by atomic mass is 16.3. The van der Waals surface area contributed by atoms with Crippen molar-refractivity contribution < 1.29 is 9.90 Å². The third-order valence-corrected chi connectivity index (χ3v) is 4.47. The molecule has 0 bridgehead atoms. The number of nitrogens with zero attached hydrogens (tertiary/aromatic N) is 1. The van der Waals surface area contributed by atoms with E-state index in [1.807, 2.05) is 24.0 Å². The molecule has 2 N–H and O–H groups in total. The largest absolute Gasteiger partial charge is 0.396 e. The summed E-state index contributed by atoms with van der Waals surface area (Å²) in [6.45, 7) is 3.01. The lowest BCUT2D eigenvalue weighted by atomic mass is 10.1. The van der Waals surface area contributed by atoms with Gasteiger partial charge in [0, 0.05) is 35.8 Å². The quantitative estimate of drug-likeness (QED) is 0.773. The fraction of sp³-hybridized carbons (Fsp3) is 0.500. The number of aliphatic hydroxyl groups is 1. The van der Waals surface area contributed by atoms with E-state index < -0.39 is 0 Å². The van der Waals surface area contributed by atoms with Gasteiger partial charge in [-0.2, -0.15) is 0 Å². The van der Waals surface area contributed by atoms with Gasteiger partial charge in [0.2, 0.25) is 5.91 Å². The Balaban J connectivity index is 1.75. The third kappa shape index (κ3) is 3.17. The summed E-state index contributed by atoms with van der Waals surface area (Å²) in [5.41, 5.74) is 3.30. The number of nitrogens with one attached hydrogen (secondary N) is 1. The number of aliphatic hydroxyl groups excluding tert-OH is 1. The molecular weight excluding hydrogens is 276 g/mol. The molecule has 118 valence electrons. The Labute approximate surface area is 131 Å². The molecule has 4 heteroatoms. The van der Waals surface area contributed by atoms with Crippen molar-refractivity contribution in [2.75, 3.05) is 13.2 Å². The maximum Gasteiger partial charge on any atom is 0.227 e. The van der Waals surface area contributed by atoms with Crippen LogP contribution in [0.1, 0.15) is 36.9 Å². The van der Waals surface area contributed by atoms with Gasteiger partial charge in [-0.1, -0.05) is 18.2 Å². The fourth-order valence-electron chi connectivity index (χ4n) is 3.11. The summed E-state index contributed by atoms with van der Waals surface area (Å²) in [5.74, 6) is 0.216. The van der Waals surface area contributed by atoms with Crippen molar-refractivity contribution in [1.82, 2.24) is 9.88 Å². The first-order valence-electron chi connectivity index (χ1n) is 8.17. The highest BCUT2D eigenvalue weighted by Crippen LogP contribution is 2.29. The van der Waals surface area contributed by atoms with Crippen LogP contribution in [0.4, 0.5) is 0 Å². The third-order valence-electron chi connectivity index (χ3n) is 4.47. The molecule has 0 spiro atoms. The van der Waals surface area contributed by atoms with Crippen LogP contribution >= 0.6 is 0 Å². The Hall–Kier alpha value is -1.81. The SMILES string of the molecule is Cc1[nH]c2ccccc2c1CC(=O)N(CCCCO)C1CC1. The number of amides is 1. The molecule has 1 heterocycles. The lowest BCUT2D eigenvalue weighted by Gasteiger charge is -2.22. The van der Waals surface area contributed by atoms with E-state index in [0.29, 0.717) is 12.5 Å². The van der Waals surface area contributed by atoms with Crippen molar-refractivity contribution in [2.24, 2.45) is 0 Å². The smallest absolute Gasteiger partial charge is 0.227 e. The average Bonchev–Trinajstić information content (AvgIpc) is 3.29. The number of carbonyl (C=O) groups excluding carboxylic acids is 1. The number of hydrogen-bond donors (Lipinski definition) is 2. The molecule has 0 saturated heterocycles. The molecule has 2 aromatic rings. The number of rotatable bonds is 7. The second-order valence-corrected chi connectivity index (χ2v) is 6.20. The van der Waals surface area contributed by atoms with Gasteiger partial charge in [0.15, 0.2) is 0 Å². The number of para-hydroxylation sites is 1. The maximum atomic E-state index is 12.7. The van der Waals surface area contributed by atoms with E-state index in [0.717, 1.165) is 54.4 Å². The van der Waals surface area contributed by atoms with E-state index in [1.54, 1.807) is 0 Å². The molecule has 3 rings (SSSR count). The van der Waals surface area contributed by atoms with Crippen molar-refractivity contribution in [3.63, 3.8) is 0 Å². The standard InChI is InChI=1S/C18H24N2O2/c1-13-16(15-6-2-3-7-17(15)19-13)12-18(22)20(14-8-9-14)10-4-5-11-21/h2-3,6-7,14,19,21H,4-5,8-12H2,1H3. The summed E-state index contributed by atoms with van der Waals surface area (Å²) in [4.78, 5) is 18.1. The molecular formula is C18H24N2O2. The second-order valence-electron chi connectivity index (χ2n) is 6.20. The first kappa shape index (κ1) is 15.1. The average molecular weight is 300 g/mol. The van der Waals surface area contributed by atoms with Gasteiger partial charge < -0.3 is 15.0 Å². The summed E-state index contributed by atoms with van der Waals surface area (Å²) in [7, 11) is 0. The molecule has 1 aliphatic carbocycles. The van der Waals surface area contributed by atoms with Crippen LogP contribution < -0.4 is 0 Å². The lowest BCUT2D eigenvalue weighted by Crippen LogP contribution is -2.35. The van der Waals surface area contributed by atoms with Gasteiger partial charge in [-0.25, -0.2) is 0 Å². The van der Waals surface area contributed by atoms with Crippen molar-refractivity contribution >= 4 is 16.8 Å². The number of aromatic nitrogens is 1. The molecule has 0 aliphatic heterocycles. The number of aromatic amines is 1. The Morgan fingerprint density at radius 2 is 2.09 bits per heavy atom. The molecule has 1 aliphatic rings. The van der Waals surface area contributed by atoms with Gasteiger partial charge in [0.1, 0.15) is 0 Å². The van der Waals surface area contributed by atoms with Crippen molar-refractivity contribution in [2.45, 2.75) is 45.1 Å². The Morgan fingerprint density at radius 3 is 2.82 bits per heavy atom. The number of aryl methyl sites for hydroxylation is 1. The Kier molecular flexibility index (Phi) is 4.48. The summed E-state index contributed by atoms with van der Waals surface area (Å²) < 4.78 is 0. The molecule has 0 atom stereocenters. The zero-order valence-electron chi connectivity index (χ0n) is 13.1. The van der Waals surface area contributed by atoms with Crippen LogP contribution in [0.2, 0.25) is 0 Å². The van der Waals surface area contributed by atoms with Gasteiger partial charge >= 0.3 is 0 Å². The van der Waals surface area contributed by atoms with Crippen LogP contribution in [0.15, 0.2) is 24.3 Å². The zero-order chi connectivity index (χ0) is 15.5. The summed E-state index contributed by atoms with van der Waals surface area (Å²) >= 11 is 0.